The van der Waals surface area contributed by atoms with Gasteiger partial charge in [0, 0.05) is 0 Å². The summed E-state index contributed by atoms with van der Waals surface area (Å²) in [5.41, 5.74) is -1.32. The van der Waals surface area contributed by atoms with Gasteiger partial charge in [0.05, 0.1) is 10.8 Å². The summed E-state index contributed by atoms with van der Waals surface area (Å²) in [6.07, 6.45) is 2.69. The zero-order chi connectivity index (χ0) is 11.0. The molecule has 0 amide bonds. The van der Waals surface area contributed by atoms with Crippen LogP contribution in [0.2, 0.25) is 0 Å². The molecule has 0 N–H and O–H groups in total. The SMILES string of the molecule is CCCCC1(C)C(=O)OC(=O)C1(C)C. The number of carbonyl (C=O) groups is 2. The van der Waals surface area contributed by atoms with Crippen LogP contribution in [0, 0.1) is 10.8 Å². The van der Waals surface area contributed by atoms with Gasteiger partial charge in [-0.05, 0) is 27.2 Å². The molecule has 14 heavy (non-hydrogen) atoms. The van der Waals surface area contributed by atoms with Gasteiger partial charge in [-0.25, -0.2) is 0 Å². The van der Waals surface area contributed by atoms with Gasteiger partial charge < -0.3 is 4.74 Å². The summed E-state index contributed by atoms with van der Waals surface area (Å²) < 4.78 is 4.71. The molecule has 1 aliphatic rings. The summed E-state index contributed by atoms with van der Waals surface area (Å²) in [7, 11) is 0. The Morgan fingerprint density at radius 3 is 2.07 bits per heavy atom. The molecule has 0 bridgehead atoms. The lowest BCUT2D eigenvalue weighted by Gasteiger charge is -2.30. The van der Waals surface area contributed by atoms with E-state index < -0.39 is 10.8 Å². The average Bonchev–Trinajstić information content (AvgIpc) is 2.25. The molecule has 1 aliphatic heterocycles. The van der Waals surface area contributed by atoms with Crippen molar-refractivity contribution in [1.82, 2.24) is 0 Å². The molecule has 0 aliphatic carbocycles. The smallest absolute Gasteiger partial charge is 0.320 e. The highest BCUT2D eigenvalue weighted by molar-refractivity contribution is 6.01. The molecule has 0 aromatic heterocycles. The maximum atomic E-state index is 11.6. The second-order valence-corrected chi connectivity index (χ2v) is 4.74. The van der Waals surface area contributed by atoms with Gasteiger partial charge >= 0.3 is 11.9 Å². The third kappa shape index (κ3) is 1.35. The lowest BCUT2D eigenvalue weighted by atomic mass is 9.66. The second-order valence-electron chi connectivity index (χ2n) is 4.74. The average molecular weight is 198 g/mol. The molecular formula is C11H18O3. The Kier molecular flexibility index (Phi) is 2.70. The van der Waals surface area contributed by atoms with Gasteiger partial charge in [-0.15, -0.1) is 0 Å². The Morgan fingerprint density at radius 1 is 1.14 bits per heavy atom. The lowest BCUT2D eigenvalue weighted by Crippen LogP contribution is -2.38. The summed E-state index contributed by atoms with van der Waals surface area (Å²) in [6, 6.07) is 0. The molecular weight excluding hydrogens is 180 g/mol. The van der Waals surface area contributed by atoms with Crippen molar-refractivity contribution in [3.8, 4) is 0 Å². The Morgan fingerprint density at radius 2 is 1.71 bits per heavy atom. The number of cyclic esters (lactones) is 2. The van der Waals surface area contributed by atoms with Gasteiger partial charge in [0.25, 0.3) is 0 Å². The zero-order valence-electron chi connectivity index (χ0n) is 9.35. The number of hydrogen-bond donors (Lipinski definition) is 0. The van der Waals surface area contributed by atoms with Gasteiger partial charge in [-0.3, -0.25) is 9.59 Å². The van der Waals surface area contributed by atoms with Crippen LogP contribution in [-0.2, 0) is 14.3 Å². The monoisotopic (exact) mass is 198 g/mol. The van der Waals surface area contributed by atoms with E-state index in [0.29, 0.717) is 0 Å². The van der Waals surface area contributed by atoms with Crippen LogP contribution in [0.5, 0.6) is 0 Å². The van der Waals surface area contributed by atoms with Crippen LogP contribution in [0.3, 0.4) is 0 Å². The molecule has 1 rings (SSSR count). The van der Waals surface area contributed by atoms with Gasteiger partial charge in [0.2, 0.25) is 0 Å². The minimum atomic E-state index is -0.681. The van der Waals surface area contributed by atoms with Crippen LogP contribution in [0.4, 0.5) is 0 Å². The van der Waals surface area contributed by atoms with Crippen molar-refractivity contribution in [2.45, 2.75) is 47.0 Å². The van der Waals surface area contributed by atoms with Crippen molar-refractivity contribution in [3.05, 3.63) is 0 Å². The zero-order valence-corrected chi connectivity index (χ0v) is 9.35. The highest BCUT2D eigenvalue weighted by atomic mass is 16.6. The van der Waals surface area contributed by atoms with Crippen molar-refractivity contribution in [2.75, 3.05) is 0 Å². The number of carbonyl (C=O) groups excluding carboxylic acids is 2. The van der Waals surface area contributed by atoms with E-state index >= 15 is 0 Å². The van der Waals surface area contributed by atoms with E-state index in [1.54, 1.807) is 13.8 Å². The van der Waals surface area contributed by atoms with Crippen molar-refractivity contribution in [2.24, 2.45) is 10.8 Å². The van der Waals surface area contributed by atoms with E-state index in [9.17, 15) is 9.59 Å². The topological polar surface area (TPSA) is 43.4 Å². The Balaban J connectivity index is 2.94. The standard InChI is InChI=1S/C11H18O3/c1-5-6-7-11(4)9(13)14-8(12)10(11,2)3/h5-7H2,1-4H3. The molecule has 1 saturated heterocycles. The molecule has 0 aromatic rings. The minimum Gasteiger partial charge on any atom is -0.392 e. The lowest BCUT2D eigenvalue weighted by molar-refractivity contribution is -0.155. The predicted molar refractivity (Wildman–Crippen MR) is 52.5 cm³/mol. The van der Waals surface area contributed by atoms with Crippen molar-refractivity contribution >= 4 is 11.9 Å². The molecule has 3 nitrogen and oxygen atoms in total. The Labute approximate surface area is 84.8 Å². The molecule has 3 heteroatoms. The van der Waals surface area contributed by atoms with E-state index in [4.69, 9.17) is 4.74 Å². The fraction of sp³-hybridized carbons (Fsp3) is 0.818. The number of esters is 2. The molecule has 1 fully saturated rings. The molecule has 1 atom stereocenters. The van der Waals surface area contributed by atoms with E-state index in [-0.39, 0.29) is 11.9 Å². The van der Waals surface area contributed by atoms with Crippen LogP contribution in [0.1, 0.15) is 47.0 Å². The Bertz CT molecular complexity index is 268. The molecule has 1 unspecified atom stereocenters. The maximum Gasteiger partial charge on any atom is 0.320 e. The molecule has 1 heterocycles. The van der Waals surface area contributed by atoms with Crippen LogP contribution in [-0.4, -0.2) is 11.9 Å². The summed E-state index contributed by atoms with van der Waals surface area (Å²) in [6.45, 7) is 7.47. The maximum absolute atomic E-state index is 11.6. The fourth-order valence-corrected chi connectivity index (χ4v) is 1.75. The first-order valence-electron chi connectivity index (χ1n) is 5.13. The quantitative estimate of drug-likeness (QED) is 0.516. The number of unbranched alkanes of at least 4 members (excludes halogenated alkanes) is 1. The van der Waals surface area contributed by atoms with E-state index in [1.165, 1.54) is 0 Å². The van der Waals surface area contributed by atoms with Gasteiger partial charge in [0.1, 0.15) is 0 Å². The van der Waals surface area contributed by atoms with Gasteiger partial charge in [0.15, 0.2) is 0 Å². The summed E-state index contributed by atoms with van der Waals surface area (Å²) >= 11 is 0. The van der Waals surface area contributed by atoms with E-state index in [2.05, 4.69) is 6.92 Å². The van der Waals surface area contributed by atoms with Gasteiger partial charge in [-0.1, -0.05) is 19.8 Å². The number of rotatable bonds is 3. The third-order valence-corrected chi connectivity index (χ3v) is 3.56. The Hall–Kier alpha value is -0.860. The summed E-state index contributed by atoms with van der Waals surface area (Å²) in [5.74, 6) is -0.748. The normalized spacial score (nSPS) is 30.6. The molecule has 0 aromatic carbocycles. The van der Waals surface area contributed by atoms with Gasteiger partial charge in [-0.2, -0.15) is 0 Å². The minimum absolute atomic E-state index is 0.360. The van der Waals surface area contributed by atoms with E-state index in [1.807, 2.05) is 6.92 Å². The first kappa shape index (κ1) is 11.2. The summed E-state index contributed by atoms with van der Waals surface area (Å²) in [4.78, 5) is 23.0. The fourth-order valence-electron chi connectivity index (χ4n) is 1.75. The van der Waals surface area contributed by atoms with Crippen LogP contribution in [0.15, 0.2) is 0 Å². The molecule has 0 radical (unpaired) electrons. The van der Waals surface area contributed by atoms with Crippen molar-refractivity contribution < 1.29 is 14.3 Å². The number of hydrogen-bond acceptors (Lipinski definition) is 3. The predicted octanol–water partition coefficient (Wildman–Crippen LogP) is 2.29. The molecule has 80 valence electrons. The highest BCUT2D eigenvalue weighted by Crippen LogP contribution is 2.49. The largest absolute Gasteiger partial charge is 0.392 e. The van der Waals surface area contributed by atoms with Crippen LogP contribution < -0.4 is 0 Å². The first-order valence-corrected chi connectivity index (χ1v) is 5.13. The number of ether oxygens (including phenoxy) is 1. The van der Waals surface area contributed by atoms with Crippen LogP contribution in [0.25, 0.3) is 0 Å². The third-order valence-electron chi connectivity index (χ3n) is 3.56. The van der Waals surface area contributed by atoms with Crippen LogP contribution >= 0.6 is 0 Å². The summed E-state index contributed by atoms with van der Waals surface area (Å²) in [5, 5.41) is 0. The first-order chi connectivity index (χ1) is 6.36. The second kappa shape index (κ2) is 3.37. The van der Waals surface area contributed by atoms with Crippen molar-refractivity contribution in [3.63, 3.8) is 0 Å². The molecule has 0 saturated carbocycles. The van der Waals surface area contributed by atoms with E-state index in [0.717, 1.165) is 19.3 Å². The highest BCUT2D eigenvalue weighted by Gasteiger charge is 2.59. The van der Waals surface area contributed by atoms with Crippen molar-refractivity contribution in [1.29, 1.82) is 0 Å². The molecule has 0 spiro atoms.